The molecule has 1 amide bonds. The molecule has 0 aliphatic heterocycles. The van der Waals surface area contributed by atoms with Crippen LogP contribution in [-0.4, -0.2) is 48.7 Å². The number of hydrogen-bond acceptors (Lipinski definition) is 5. The molecule has 0 unspecified atom stereocenters. The van der Waals surface area contributed by atoms with Gasteiger partial charge in [0.15, 0.2) is 5.13 Å². The van der Waals surface area contributed by atoms with Gasteiger partial charge in [0.05, 0.1) is 10.2 Å². The molecule has 3 rings (SSSR count). The van der Waals surface area contributed by atoms with Crippen LogP contribution in [0.25, 0.3) is 10.2 Å². The Morgan fingerprint density at radius 3 is 2.57 bits per heavy atom. The van der Waals surface area contributed by atoms with Crippen LogP contribution in [-0.2, 0) is 4.79 Å². The van der Waals surface area contributed by atoms with Gasteiger partial charge in [-0.15, -0.1) is 11.8 Å². The number of thiazole rings is 1. The highest BCUT2D eigenvalue weighted by molar-refractivity contribution is 7.99. The van der Waals surface area contributed by atoms with Crippen molar-refractivity contribution in [1.82, 2.24) is 9.88 Å². The van der Waals surface area contributed by atoms with Crippen LogP contribution < -0.4 is 4.90 Å². The summed E-state index contributed by atoms with van der Waals surface area (Å²) in [6.45, 7) is 1.62. The fraction of sp³-hybridized carbons (Fsp3) is 0.333. The smallest absolute Gasteiger partial charge is 0.229 e. The highest BCUT2D eigenvalue weighted by atomic mass is 35.5. The summed E-state index contributed by atoms with van der Waals surface area (Å²) in [4.78, 5) is 22.8. The number of aromatic nitrogens is 1. The van der Waals surface area contributed by atoms with Crippen molar-refractivity contribution in [2.24, 2.45) is 0 Å². The van der Waals surface area contributed by atoms with Gasteiger partial charge in [0.25, 0.3) is 0 Å². The van der Waals surface area contributed by atoms with Gasteiger partial charge in [0.2, 0.25) is 5.91 Å². The number of thioether (sulfide) groups is 1. The van der Waals surface area contributed by atoms with Gasteiger partial charge in [-0.05, 0) is 63.5 Å². The SMILES string of the molecule is CN(C)CCCN(C(=O)CCSc1ccc(Cl)cc1)c1nc2ccccc2s1. The first-order valence-corrected chi connectivity index (χ1v) is 11.4. The zero-order chi connectivity index (χ0) is 19.9. The summed E-state index contributed by atoms with van der Waals surface area (Å²) < 4.78 is 1.11. The summed E-state index contributed by atoms with van der Waals surface area (Å²) in [6, 6.07) is 15.8. The minimum atomic E-state index is 0.124. The van der Waals surface area contributed by atoms with Gasteiger partial charge in [-0.2, -0.15) is 0 Å². The number of nitrogens with zero attached hydrogens (tertiary/aromatic N) is 3. The van der Waals surface area contributed by atoms with Gasteiger partial charge in [-0.1, -0.05) is 35.1 Å². The Morgan fingerprint density at radius 2 is 1.86 bits per heavy atom. The van der Waals surface area contributed by atoms with Crippen molar-refractivity contribution >= 4 is 56.0 Å². The first kappa shape index (κ1) is 21.1. The summed E-state index contributed by atoms with van der Waals surface area (Å²) in [6.07, 6.45) is 1.39. The molecule has 0 aliphatic carbocycles. The Kier molecular flexibility index (Phi) is 7.73. The number of amides is 1. The third-order valence-corrected chi connectivity index (χ3v) is 6.53. The van der Waals surface area contributed by atoms with E-state index < -0.39 is 0 Å². The molecule has 1 heterocycles. The number of carbonyl (C=O) groups is 1. The number of para-hydroxylation sites is 1. The first-order chi connectivity index (χ1) is 13.5. The van der Waals surface area contributed by atoms with E-state index >= 15 is 0 Å². The molecule has 0 fully saturated rings. The van der Waals surface area contributed by atoms with Crippen LogP contribution in [0.2, 0.25) is 5.02 Å². The Balaban J connectivity index is 1.66. The lowest BCUT2D eigenvalue weighted by Gasteiger charge is -2.21. The Hall–Kier alpha value is -1.60. The molecule has 0 spiro atoms. The largest absolute Gasteiger partial charge is 0.309 e. The van der Waals surface area contributed by atoms with Gasteiger partial charge in [-0.3, -0.25) is 9.69 Å². The summed E-state index contributed by atoms with van der Waals surface area (Å²) in [5, 5.41) is 1.52. The maximum Gasteiger partial charge on any atom is 0.229 e. The van der Waals surface area contributed by atoms with Crippen molar-refractivity contribution in [2.45, 2.75) is 17.7 Å². The average Bonchev–Trinajstić information content (AvgIpc) is 3.10. The molecule has 0 aliphatic rings. The predicted octanol–water partition coefficient (Wildman–Crippen LogP) is 5.42. The molecule has 2 aromatic carbocycles. The van der Waals surface area contributed by atoms with Crippen molar-refractivity contribution in [1.29, 1.82) is 0 Å². The Labute approximate surface area is 179 Å². The van der Waals surface area contributed by atoms with Gasteiger partial charge < -0.3 is 4.90 Å². The van der Waals surface area contributed by atoms with Crippen molar-refractivity contribution in [3.05, 3.63) is 53.6 Å². The van der Waals surface area contributed by atoms with Gasteiger partial charge in [-0.25, -0.2) is 4.98 Å². The molecule has 0 bridgehead atoms. The molecule has 0 saturated heterocycles. The predicted molar refractivity (Wildman–Crippen MR) is 122 cm³/mol. The van der Waals surface area contributed by atoms with E-state index in [0.29, 0.717) is 13.0 Å². The molecule has 148 valence electrons. The Morgan fingerprint density at radius 1 is 1.11 bits per heavy atom. The zero-order valence-corrected chi connectivity index (χ0v) is 18.5. The Bertz CT molecular complexity index is 878. The van der Waals surface area contributed by atoms with Crippen molar-refractivity contribution in [3.8, 4) is 0 Å². The minimum Gasteiger partial charge on any atom is -0.309 e. The third kappa shape index (κ3) is 5.95. The molecule has 1 aromatic heterocycles. The van der Waals surface area contributed by atoms with Crippen LogP contribution in [0.3, 0.4) is 0 Å². The van der Waals surface area contributed by atoms with Crippen molar-refractivity contribution in [2.75, 3.05) is 37.8 Å². The highest BCUT2D eigenvalue weighted by Crippen LogP contribution is 2.29. The molecular weight excluding hydrogens is 410 g/mol. The number of anilines is 1. The molecule has 28 heavy (non-hydrogen) atoms. The monoisotopic (exact) mass is 433 g/mol. The van der Waals surface area contributed by atoms with E-state index in [9.17, 15) is 4.79 Å². The molecule has 4 nitrogen and oxygen atoms in total. The molecule has 3 aromatic rings. The fourth-order valence-electron chi connectivity index (χ4n) is 2.77. The van der Waals surface area contributed by atoms with Crippen LogP contribution in [0, 0.1) is 0 Å². The molecular formula is C21H24ClN3OS2. The number of fused-ring (bicyclic) bond motifs is 1. The summed E-state index contributed by atoms with van der Waals surface area (Å²) in [5.74, 6) is 0.856. The van der Waals surface area contributed by atoms with Crippen molar-refractivity contribution in [3.63, 3.8) is 0 Å². The number of hydrogen-bond donors (Lipinski definition) is 0. The standard InChI is InChI=1S/C21H24ClN3OS2/c1-24(2)13-5-14-25(21-23-18-6-3-4-7-19(18)28-21)20(26)12-15-27-17-10-8-16(22)9-11-17/h3-4,6-11H,5,12-15H2,1-2H3. The van der Waals surface area contributed by atoms with Gasteiger partial charge >= 0.3 is 0 Å². The lowest BCUT2D eigenvalue weighted by molar-refractivity contribution is -0.118. The maximum atomic E-state index is 13.0. The number of carbonyl (C=O) groups excluding carboxylic acids is 1. The fourth-order valence-corrected chi connectivity index (χ4v) is 4.75. The average molecular weight is 434 g/mol. The van der Waals surface area contributed by atoms with E-state index in [1.54, 1.807) is 23.1 Å². The summed E-state index contributed by atoms with van der Waals surface area (Å²) in [5.41, 5.74) is 0.948. The van der Waals surface area contributed by atoms with E-state index in [-0.39, 0.29) is 5.91 Å². The molecule has 7 heteroatoms. The van der Waals surface area contributed by atoms with Crippen LogP contribution in [0.15, 0.2) is 53.4 Å². The molecule has 0 N–H and O–H groups in total. The van der Waals surface area contributed by atoms with Crippen LogP contribution in [0.5, 0.6) is 0 Å². The topological polar surface area (TPSA) is 36.4 Å². The first-order valence-electron chi connectivity index (χ1n) is 9.22. The minimum absolute atomic E-state index is 0.124. The van der Waals surface area contributed by atoms with E-state index in [1.807, 2.05) is 61.5 Å². The van der Waals surface area contributed by atoms with Crippen LogP contribution >= 0.6 is 34.7 Å². The number of halogens is 1. The van der Waals surface area contributed by atoms with E-state index in [2.05, 4.69) is 11.0 Å². The highest BCUT2D eigenvalue weighted by Gasteiger charge is 2.19. The second-order valence-electron chi connectivity index (χ2n) is 6.72. The van der Waals surface area contributed by atoms with Crippen LogP contribution in [0.4, 0.5) is 5.13 Å². The molecule has 0 saturated carbocycles. The van der Waals surface area contributed by atoms with Gasteiger partial charge in [0.1, 0.15) is 0 Å². The van der Waals surface area contributed by atoms with E-state index in [0.717, 1.165) is 44.0 Å². The van der Waals surface area contributed by atoms with E-state index in [1.165, 1.54) is 0 Å². The normalized spacial score (nSPS) is 11.3. The lowest BCUT2D eigenvalue weighted by Crippen LogP contribution is -2.33. The van der Waals surface area contributed by atoms with Crippen molar-refractivity contribution < 1.29 is 4.79 Å². The number of benzene rings is 2. The van der Waals surface area contributed by atoms with Crippen LogP contribution in [0.1, 0.15) is 12.8 Å². The molecule has 0 radical (unpaired) electrons. The van der Waals surface area contributed by atoms with E-state index in [4.69, 9.17) is 16.6 Å². The maximum absolute atomic E-state index is 13.0. The lowest BCUT2D eigenvalue weighted by atomic mass is 10.3. The second-order valence-corrected chi connectivity index (χ2v) is 9.33. The summed E-state index contributed by atoms with van der Waals surface area (Å²) >= 11 is 9.19. The number of rotatable bonds is 9. The summed E-state index contributed by atoms with van der Waals surface area (Å²) in [7, 11) is 4.10. The second kappa shape index (κ2) is 10.3. The third-order valence-electron chi connectivity index (χ3n) is 4.20. The van der Waals surface area contributed by atoms with Gasteiger partial charge in [0, 0.05) is 28.6 Å². The quantitative estimate of drug-likeness (QED) is 0.422. The zero-order valence-electron chi connectivity index (χ0n) is 16.1. The molecule has 0 atom stereocenters.